The molecule has 16 heavy (non-hydrogen) atoms. The van der Waals surface area contributed by atoms with Crippen LogP contribution in [0.2, 0.25) is 0 Å². The molecule has 0 spiro atoms. The molecule has 0 aromatic rings. The summed E-state index contributed by atoms with van der Waals surface area (Å²) in [4.78, 5) is 2.50. The minimum Gasteiger partial charge on any atom is -0.394 e. The van der Waals surface area contributed by atoms with Crippen LogP contribution in [-0.4, -0.2) is 49.5 Å². The molecule has 1 rings (SSSR count). The van der Waals surface area contributed by atoms with Crippen molar-refractivity contribution in [3.05, 3.63) is 0 Å². The van der Waals surface area contributed by atoms with Gasteiger partial charge in [0, 0.05) is 13.1 Å². The van der Waals surface area contributed by atoms with Gasteiger partial charge in [-0.3, -0.25) is 0 Å². The lowest BCUT2D eigenvalue weighted by atomic mass is 9.76. The summed E-state index contributed by atoms with van der Waals surface area (Å²) in [7, 11) is 0. The van der Waals surface area contributed by atoms with Crippen molar-refractivity contribution in [2.75, 3.05) is 39.5 Å². The van der Waals surface area contributed by atoms with E-state index >= 15 is 0 Å². The van der Waals surface area contributed by atoms with Gasteiger partial charge in [-0.05, 0) is 30.7 Å². The third-order valence-corrected chi connectivity index (χ3v) is 3.52. The zero-order valence-corrected chi connectivity index (χ0v) is 11.0. The van der Waals surface area contributed by atoms with E-state index in [0.717, 1.165) is 19.1 Å². The van der Waals surface area contributed by atoms with Crippen LogP contribution in [0.15, 0.2) is 0 Å². The van der Waals surface area contributed by atoms with Gasteiger partial charge in [-0.2, -0.15) is 0 Å². The van der Waals surface area contributed by atoms with Crippen molar-refractivity contribution >= 4 is 0 Å². The quantitative estimate of drug-likeness (QED) is 0.729. The molecule has 1 N–H and O–H groups in total. The number of piperidine rings is 1. The molecule has 1 saturated heterocycles. The van der Waals surface area contributed by atoms with E-state index in [0.29, 0.717) is 12.0 Å². The van der Waals surface area contributed by atoms with Gasteiger partial charge in [-0.1, -0.05) is 20.8 Å². The average Bonchev–Trinajstić information content (AvgIpc) is 2.24. The third kappa shape index (κ3) is 4.81. The van der Waals surface area contributed by atoms with E-state index in [1.807, 2.05) is 0 Å². The summed E-state index contributed by atoms with van der Waals surface area (Å²) >= 11 is 0. The first-order valence-electron chi connectivity index (χ1n) is 6.45. The maximum Gasteiger partial charge on any atom is 0.0698 e. The van der Waals surface area contributed by atoms with Crippen molar-refractivity contribution in [3.8, 4) is 0 Å². The van der Waals surface area contributed by atoms with Crippen LogP contribution < -0.4 is 0 Å². The minimum absolute atomic E-state index is 0.130. The minimum atomic E-state index is 0.130. The molecular formula is C13H27NO2. The Morgan fingerprint density at radius 3 is 2.69 bits per heavy atom. The molecule has 0 aliphatic carbocycles. The number of likely N-dealkylation sites (tertiary alicyclic amines) is 1. The van der Waals surface area contributed by atoms with Crippen molar-refractivity contribution in [3.63, 3.8) is 0 Å². The zero-order chi connectivity index (χ0) is 12.0. The van der Waals surface area contributed by atoms with Crippen LogP contribution in [0.4, 0.5) is 0 Å². The Bertz CT molecular complexity index is 189. The second kappa shape index (κ2) is 6.58. The van der Waals surface area contributed by atoms with Crippen molar-refractivity contribution in [2.24, 2.45) is 11.3 Å². The predicted octanol–water partition coefficient (Wildman–Crippen LogP) is 1.75. The van der Waals surface area contributed by atoms with Crippen LogP contribution in [0.5, 0.6) is 0 Å². The van der Waals surface area contributed by atoms with Gasteiger partial charge in [0.15, 0.2) is 0 Å². The molecule has 0 radical (unpaired) electrons. The maximum atomic E-state index is 8.61. The molecule has 0 aromatic carbocycles. The van der Waals surface area contributed by atoms with Gasteiger partial charge in [-0.15, -0.1) is 0 Å². The molecule has 0 saturated carbocycles. The fraction of sp³-hybridized carbons (Fsp3) is 1.00. The lowest BCUT2D eigenvalue weighted by Crippen LogP contribution is -2.42. The topological polar surface area (TPSA) is 32.7 Å². The standard InChI is InChI=1S/C13H27NO2/c1-13(2,3)12-5-4-6-14(11-12)7-9-16-10-8-15/h12,15H,4-11H2,1-3H3. The van der Waals surface area contributed by atoms with Crippen LogP contribution in [0, 0.1) is 11.3 Å². The lowest BCUT2D eigenvalue weighted by molar-refractivity contribution is 0.0470. The molecular weight excluding hydrogens is 202 g/mol. The molecule has 96 valence electrons. The van der Waals surface area contributed by atoms with Crippen LogP contribution >= 0.6 is 0 Å². The molecule has 1 unspecified atom stereocenters. The number of hydrogen-bond donors (Lipinski definition) is 1. The van der Waals surface area contributed by atoms with Crippen LogP contribution in [-0.2, 0) is 4.74 Å². The van der Waals surface area contributed by atoms with Gasteiger partial charge in [-0.25, -0.2) is 0 Å². The van der Waals surface area contributed by atoms with Crippen LogP contribution in [0.3, 0.4) is 0 Å². The van der Waals surface area contributed by atoms with Gasteiger partial charge in [0.05, 0.1) is 19.8 Å². The Hall–Kier alpha value is -0.120. The number of rotatable bonds is 5. The van der Waals surface area contributed by atoms with Crippen molar-refractivity contribution in [1.82, 2.24) is 4.90 Å². The fourth-order valence-corrected chi connectivity index (χ4v) is 2.33. The second-order valence-corrected chi connectivity index (χ2v) is 5.84. The van der Waals surface area contributed by atoms with Crippen molar-refractivity contribution < 1.29 is 9.84 Å². The van der Waals surface area contributed by atoms with Gasteiger partial charge >= 0.3 is 0 Å². The van der Waals surface area contributed by atoms with Crippen LogP contribution in [0.1, 0.15) is 33.6 Å². The molecule has 0 aromatic heterocycles. The maximum absolute atomic E-state index is 8.61. The van der Waals surface area contributed by atoms with E-state index in [1.54, 1.807) is 0 Å². The Morgan fingerprint density at radius 2 is 2.06 bits per heavy atom. The van der Waals surface area contributed by atoms with Gasteiger partial charge in [0.1, 0.15) is 0 Å². The molecule has 1 heterocycles. The Morgan fingerprint density at radius 1 is 1.31 bits per heavy atom. The molecule has 1 fully saturated rings. The summed E-state index contributed by atoms with van der Waals surface area (Å²) in [6.45, 7) is 11.8. The Labute approximate surface area is 99.8 Å². The highest BCUT2D eigenvalue weighted by atomic mass is 16.5. The molecule has 0 bridgehead atoms. The number of aliphatic hydroxyl groups is 1. The van der Waals surface area contributed by atoms with Crippen molar-refractivity contribution in [1.29, 1.82) is 0 Å². The zero-order valence-electron chi connectivity index (χ0n) is 11.0. The lowest BCUT2D eigenvalue weighted by Gasteiger charge is -2.39. The van der Waals surface area contributed by atoms with E-state index in [1.165, 1.54) is 25.9 Å². The summed E-state index contributed by atoms with van der Waals surface area (Å²) in [5, 5.41) is 8.61. The van der Waals surface area contributed by atoms with Gasteiger partial charge in [0.25, 0.3) is 0 Å². The number of nitrogens with zero attached hydrogens (tertiary/aromatic N) is 1. The summed E-state index contributed by atoms with van der Waals surface area (Å²) in [6, 6.07) is 0. The smallest absolute Gasteiger partial charge is 0.0698 e. The van der Waals surface area contributed by atoms with E-state index in [4.69, 9.17) is 9.84 Å². The highest BCUT2D eigenvalue weighted by Crippen LogP contribution is 2.32. The number of hydrogen-bond acceptors (Lipinski definition) is 3. The molecule has 3 nitrogen and oxygen atoms in total. The molecule has 1 atom stereocenters. The Kier molecular flexibility index (Phi) is 5.73. The number of aliphatic hydroxyl groups excluding tert-OH is 1. The second-order valence-electron chi connectivity index (χ2n) is 5.84. The molecule has 3 heteroatoms. The highest BCUT2D eigenvalue weighted by molar-refractivity contribution is 4.81. The predicted molar refractivity (Wildman–Crippen MR) is 66.5 cm³/mol. The summed E-state index contributed by atoms with van der Waals surface area (Å²) < 4.78 is 5.31. The molecule has 1 aliphatic rings. The van der Waals surface area contributed by atoms with E-state index in [9.17, 15) is 0 Å². The highest BCUT2D eigenvalue weighted by Gasteiger charge is 2.29. The first kappa shape index (κ1) is 13.9. The van der Waals surface area contributed by atoms with Gasteiger partial charge in [0.2, 0.25) is 0 Å². The first-order chi connectivity index (χ1) is 7.54. The first-order valence-corrected chi connectivity index (χ1v) is 6.45. The van der Waals surface area contributed by atoms with Gasteiger partial charge < -0.3 is 14.7 Å². The summed E-state index contributed by atoms with van der Waals surface area (Å²) in [5.41, 5.74) is 0.421. The summed E-state index contributed by atoms with van der Waals surface area (Å²) in [6.07, 6.45) is 2.67. The van der Waals surface area contributed by atoms with Crippen molar-refractivity contribution in [2.45, 2.75) is 33.6 Å². The van der Waals surface area contributed by atoms with Crippen LogP contribution in [0.25, 0.3) is 0 Å². The largest absolute Gasteiger partial charge is 0.394 e. The Balaban J connectivity index is 2.23. The molecule has 0 amide bonds. The number of ether oxygens (including phenoxy) is 1. The third-order valence-electron chi connectivity index (χ3n) is 3.52. The summed E-state index contributed by atoms with van der Waals surface area (Å²) in [5.74, 6) is 0.805. The normalized spacial score (nSPS) is 23.6. The fourth-order valence-electron chi connectivity index (χ4n) is 2.33. The SMILES string of the molecule is CC(C)(C)C1CCCN(CCOCCO)C1. The van der Waals surface area contributed by atoms with E-state index < -0.39 is 0 Å². The van der Waals surface area contributed by atoms with E-state index in [2.05, 4.69) is 25.7 Å². The molecule has 1 aliphatic heterocycles. The van der Waals surface area contributed by atoms with E-state index in [-0.39, 0.29) is 6.61 Å². The average molecular weight is 229 g/mol. The monoisotopic (exact) mass is 229 g/mol.